The van der Waals surface area contributed by atoms with Crippen LogP contribution >= 0.6 is 0 Å². The first-order valence-electron chi connectivity index (χ1n) is 8.12. The van der Waals surface area contributed by atoms with Gasteiger partial charge in [-0.1, -0.05) is 32.0 Å². The third kappa shape index (κ3) is 5.04. The SMILES string of the molecule is Cc1c(C(=O)NCc2ccc(OCC(C)C)cc2)cccc1[N+](=O)[O-]. The smallest absolute Gasteiger partial charge is 0.273 e. The maximum Gasteiger partial charge on any atom is 0.273 e. The second kappa shape index (κ2) is 8.28. The minimum Gasteiger partial charge on any atom is -0.493 e. The lowest BCUT2D eigenvalue weighted by atomic mass is 10.1. The number of carbonyl (C=O) groups is 1. The molecule has 25 heavy (non-hydrogen) atoms. The predicted molar refractivity (Wildman–Crippen MR) is 95.8 cm³/mol. The van der Waals surface area contributed by atoms with Crippen LogP contribution in [0.3, 0.4) is 0 Å². The topological polar surface area (TPSA) is 81.5 Å². The molecule has 1 amide bonds. The number of carbonyl (C=O) groups excluding carboxylic acids is 1. The highest BCUT2D eigenvalue weighted by molar-refractivity contribution is 5.96. The van der Waals surface area contributed by atoms with Gasteiger partial charge in [-0.05, 0) is 36.6 Å². The third-order valence-corrected chi connectivity index (χ3v) is 3.71. The molecule has 0 spiro atoms. The molecule has 0 aliphatic heterocycles. The molecule has 0 radical (unpaired) electrons. The Kier molecular flexibility index (Phi) is 6.11. The van der Waals surface area contributed by atoms with Crippen LogP contribution in [0.15, 0.2) is 42.5 Å². The number of nitro groups is 1. The summed E-state index contributed by atoms with van der Waals surface area (Å²) in [5.74, 6) is 0.914. The van der Waals surface area contributed by atoms with Gasteiger partial charge >= 0.3 is 0 Å². The Morgan fingerprint density at radius 3 is 2.48 bits per heavy atom. The molecule has 0 fully saturated rings. The molecule has 0 saturated heterocycles. The molecule has 2 aromatic carbocycles. The van der Waals surface area contributed by atoms with Crippen molar-refractivity contribution in [2.75, 3.05) is 6.61 Å². The van der Waals surface area contributed by atoms with Crippen molar-refractivity contribution in [3.05, 3.63) is 69.3 Å². The maximum atomic E-state index is 12.3. The highest BCUT2D eigenvalue weighted by Crippen LogP contribution is 2.21. The highest BCUT2D eigenvalue weighted by Gasteiger charge is 2.17. The normalized spacial score (nSPS) is 10.6. The highest BCUT2D eigenvalue weighted by atomic mass is 16.6. The molecule has 0 bridgehead atoms. The molecule has 0 aromatic heterocycles. The molecule has 0 saturated carbocycles. The second-order valence-corrected chi connectivity index (χ2v) is 6.24. The summed E-state index contributed by atoms with van der Waals surface area (Å²) in [7, 11) is 0. The van der Waals surface area contributed by atoms with Crippen molar-refractivity contribution in [3.8, 4) is 5.75 Å². The quantitative estimate of drug-likeness (QED) is 0.612. The summed E-state index contributed by atoms with van der Waals surface area (Å²) in [6.45, 7) is 6.74. The lowest BCUT2D eigenvalue weighted by Crippen LogP contribution is -2.23. The Labute approximate surface area is 147 Å². The largest absolute Gasteiger partial charge is 0.493 e. The van der Waals surface area contributed by atoms with E-state index < -0.39 is 4.92 Å². The number of rotatable bonds is 7. The molecule has 6 nitrogen and oxygen atoms in total. The van der Waals surface area contributed by atoms with Gasteiger partial charge in [0.25, 0.3) is 11.6 Å². The molecule has 2 rings (SSSR count). The van der Waals surface area contributed by atoms with Crippen LogP contribution in [0.5, 0.6) is 5.75 Å². The van der Waals surface area contributed by atoms with Gasteiger partial charge < -0.3 is 10.1 Å². The van der Waals surface area contributed by atoms with Crippen LogP contribution in [0.1, 0.15) is 35.3 Å². The van der Waals surface area contributed by atoms with E-state index in [1.165, 1.54) is 12.1 Å². The molecular weight excluding hydrogens is 320 g/mol. The van der Waals surface area contributed by atoms with E-state index in [2.05, 4.69) is 19.2 Å². The average molecular weight is 342 g/mol. The Morgan fingerprint density at radius 1 is 1.20 bits per heavy atom. The van der Waals surface area contributed by atoms with Gasteiger partial charge in [0.2, 0.25) is 0 Å². The first kappa shape index (κ1) is 18.4. The number of nitro benzene ring substituents is 1. The van der Waals surface area contributed by atoms with Crippen LogP contribution in [0, 0.1) is 23.0 Å². The van der Waals surface area contributed by atoms with Crippen molar-refractivity contribution < 1.29 is 14.5 Å². The van der Waals surface area contributed by atoms with E-state index >= 15 is 0 Å². The molecule has 0 atom stereocenters. The van der Waals surface area contributed by atoms with Gasteiger partial charge in [0.1, 0.15) is 5.75 Å². The summed E-state index contributed by atoms with van der Waals surface area (Å²) in [6.07, 6.45) is 0. The van der Waals surface area contributed by atoms with E-state index in [-0.39, 0.29) is 11.6 Å². The molecule has 6 heteroatoms. The Morgan fingerprint density at radius 2 is 1.88 bits per heavy atom. The Hall–Kier alpha value is -2.89. The zero-order chi connectivity index (χ0) is 18.4. The van der Waals surface area contributed by atoms with Crippen LogP contribution in [-0.2, 0) is 6.54 Å². The van der Waals surface area contributed by atoms with Crippen molar-refractivity contribution in [1.82, 2.24) is 5.32 Å². The predicted octanol–water partition coefficient (Wildman–Crippen LogP) is 3.87. The lowest BCUT2D eigenvalue weighted by molar-refractivity contribution is -0.385. The monoisotopic (exact) mass is 342 g/mol. The van der Waals surface area contributed by atoms with Crippen LogP contribution in [0.2, 0.25) is 0 Å². The Balaban J connectivity index is 1.98. The fraction of sp³-hybridized carbons (Fsp3) is 0.316. The van der Waals surface area contributed by atoms with E-state index in [9.17, 15) is 14.9 Å². The molecule has 0 aliphatic rings. The van der Waals surface area contributed by atoms with Crippen LogP contribution < -0.4 is 10.1 Å². The van der Waals surface area contributed by atoms with Gasteiger partial charge in [-0.2, -0.15) is 0 Å². The minimum absolute atomic E-state index is 0.0562. The zero-order valence-electron chi connectivity index (χ0n) is 14.6. The van der Waals surface area contributed by atoms with Crippen molar-refractivity contribution in [1.29, 1.82) is 0 Å². The number of hydrogen-bond acceptors (Lipinski definition) is 4. The number of amides is 1. The van der Waals surface area contributed by atoms with Crippen LogP contribution in [-0.4, -0.2) is 17.4 Å². The molecular formula is C19H22N2O4. The van der Waals surface area contributed by atoms with Gasteiger partial charge in [0.05, 0.1) is 11.5 Å². The molecule has 0 unspecified atom stereocenters. The van der Waals surface area contributed by atoms with Gasteiger partial charge in [0.15, 0.2) is 0 Å². The average Bonchev–Trinajstić information content (AvgIpc) is 2.58. The number of nitrogens with zero attached hydrogens (tertiary/aromatic N) is 1. The maximum absolute atomic E-state index is 12.3. The summed E-state index contributed by atoms with van der Waals surface area (Å²) in [6, 6.07) is 12.0. The molecule has 0 heterocycles. The van der Waals surface area contributed by atoms with E-state index in [0.29, 0.717) is 30.2 Å². The van der Waals surface area contributed by atoms with E-state index in [1.807, 2.05) is 24.3 Å². The summed E-state index contributed by atoms with van der Waals surface area (Å²) in [5.41, 5.74) is 1.54. The van der Waals surface area contributed by atoms with E-state index in [1.54, 1.807) is 13.0 Å². The van der Waals surface area contributed by atoms with E-state index in [0.717, 1.165) is 11.3 Å². The summed E-state index contributed by atoms with van der Waals surface area (Å²) in [5, 5.41) is 13.8. The van der Waals surface area contributed by atoms with Gasteiger partial charge in [-0.25, -0.2) is 0 Å². The fourth-order valence-electron chi connectivity index (χ4n) is 2.31. The lowest BCUT2D eigenvalue weighted by Gasteiger charge is -2.10. The summed E-state index contributed by atoms with van der Waals surface area (Å²) in [4.78, 5) is 22.8. The standard InChI is InChI=1S/C19H22N2O4/c1-13(2)12-25-16-9-7-15(8-10-16)11-20-19(22)17-5-4-6-18(14(17)3)21(23)24/h4-10,13H,11-12H2,1-3H3,(H,20,22). The van der Waals surface area contributed by atoms with Gasteiger partial charge in [-0.15, -0.1) is 0 Å². The molecule has 1 N–H and O–H groups in total. The number of benzene rings is 2. The molecule has 132 valence electrons. The van der Waals surface area contributed by atoms with E-state index in [4.69, 9.17) is 4.74 Å². The first-order chi connectivity index (χ1) is 11.9. The van der Waals surface area contributed by atoms with Crippen molar-refractivity contribution in [2.45, 2.75) is 27.3 Å². The number of hydrogen-bond donors (Lipinski definition) is 1. The van der Waals surface area contributed by atoms with Crippen molar-refractivity contribution in [2.24, 2.45) is 5.92 Å². The van der Waals surface area contributed by atoms with Crippen LogP contribution in [0.4, 0.5) is 5.69 Å². The fourth-order valence-corrected chi connectivity index (χ4v) is 2.31. The molecule has 2 aromatic rings. The van der Waals surface area contributed by atoms with Gasteiger partial charge in [0, 0.05) is 23.7 Å². The minimum atomic E-state index is -0.484. The zero-order valence-corrected chi connectivity index (χ0v) is 14.6. The molecule has 0 aliphatic carbocycles. The number of nitrogens with one attached hydrogen (secondary N) is 1. The third-order valence-electron chi connectivity index (χ3n) is 3.71. The first-order valence-corrected chi connectivity index (χ1v) is 8.12. The Bertz CT molecular complexity index is 755. The van der Waals surface area contributed by atoms with Gasteiger partial charge in [-0.3, -0.25) is 14.9 Å². The summed E-state index contributed by atoms with van der Waals surface area (Å²) < 4.78 is 5.62. The summed E-state index contributed by atoms with van der Waals surface area (Å²) >= 11 is 0. The number of ether oxygens (including phenoxy) is 1. The van der Waals surface area contributed by atoms with Crippen molar-refractivity contribution in [3.63, 3.8) is 0 Å². The van der Waals surface area contributed by atoms with Crippen molar-refractivity contribution >= 4 is 11.6 Å². The second-order valence-electron chi connectivity index (χ2n) is 6.24. The van der Waals surface area contributed by atoms with Crippen LogP contribution in [0.25, 0.3) is 0 Å².